The van der Waals surface area contributed by atoms with Crippen LogP contribution >= 0.6 is 0 Å². The fraction of sp³-hybridized carbons (Fsp3) is 0.182. The maximum absolute atomic E-state index is 12.5. The summed E-state index contributed by atoms with van der Waals surface area (Å²) in [5, 5.41) is 3.65. The molecule has 17 heavy (non-hydrogen) atoms. The topological polar surface area (TPSA) is 43.8 Å². The summed E-state index contributed by atoms with van der Waals surface area (Å²) in [5.41, 5.74) is 5.37. The van der Waals surface area contributed by atoms with Crippen molar-refractivity contribution in [1.29, 1.82) is 0 Å². The molecule has 0 unspecified atom stereocenters. The van der Waals surface area contributed by atoms with Crippen molar-refractivity contribution in [3.63, 3.8) is 0 Å². The Kier molecular flexibility index (Phi) is 2.79. The molecule has 0 saturated carbocycles. The zero-order valence-electron chi connectivity index (χ0n) is 8.78. The molecule has 1 aromatic carbocycles. The number of benzene rings is 1. The van der Waals surface area contributed by atoms with E-state index in [1.54, 1.807) is 24.3 Å². The molecule has 0 aliphatic heterocycles. The second-order valence-electron chi connectivity index (χ2n) is 3.58. The Labute approximate surface area is 95.7 Å². The van der Waals surface area contributed by atoms with Gasteiger partial charge < -0.3 is 5.73 Å². The predicted octanol–water partition coefficient (Wildman–Crippen LogP) is 2.53. The normalized spacial score (nSPS) is 11.7. The Morgan fingerprint density at radius 1 is 1.18 bits per heavy atom. The van der Waals surface area contributed by atoms with Gasteiger partial charge in [0.1, 0.15) is 11.4 Å². The van der Waals surface area contributed by atoms with E-state index in [0.29, 0.717) is 0 Å². The molecule has 0 aliphatic carbocycles. The summed E-state index contributed by atoms with van der Waals surface area (Å²) in [5.74, 6) is -0.360. The van der Waals surface area contributed by atoms with E-state index < -0.39 is 11.7 Å². The summed E-state index contributed by atoms with van der Waals surface area (Å²) >= 11 is 0. The van der Waals surface area contributed by atoms with Gasteiger partial charge in [-0.15, -0.1) is 0 Å². The second kappa shape index (κ2) is 4.12. The van der Waals surface area contributed by atoms with Crippen molar-refractivity contribution in [2.24, 2.45) is 0 Å². The zero-order chi connectivity index (χ0) is 12.5. The van der Waals surface area contributed by atoms with Crippen LogP contribution in [0, 0.1) is 0 Å². The number of halogens is 3. The van der Waals surface area contributed by atoms with Gasteiger partial charge in [0.15, 0.2) is 0 Å². The van der Waals surface area contributed by atoms with E-state index >= 15 is 0 Å². The number of anilines is 1. The van der Waals surface area contributed by atoms with E-state index in [1.807, 2.05) is 6.07 Å². The lowest BCUT2D eigenvalue weighted by atomic mass is 10.2. The van der Waals surface area contributed by atoms with Crippen LogP contribution in [0.4, 0.5) is 19.0 Å². The third-order valence-electron chi connectivity index (χ3n) is 2.36. The number of nitrogens with zero attached hydrogens (tertiary/aromatic N) is 2. The molecule has 0 atom stereocenters. The number of aromatic nitrogens is 2. The fourth-order valence-corrected chi connectivity index (χ4v) is 1.50. The highest BCUT2D eigenvalue weighted by atomic mass is 19.4. The smallest absolute Gasteiger partial charge is 0.383 e. The van der Waals surface area contributed by atoms with E-state index in [0.717, 1.165) is 16.4 Å². The van der Waals surface area contributed by atoms with E-state index in [2.05, 4.69) is 5.10 Å². The molecule has 2 rings (SSSR count). The maximum atomic E-state index is 12.5. The van der Waals surface area contributed by atoms with Gasteiger partial charge in [0.25, 0.3) is 0 Å². The first-order valence-corrected chi connectivity index (χ1v) is 4.91. The zero-order valence-corrected chi connectivity index (χ0v) is 8.78. The summed E-state index contributed by atoms with van der Waals surface area (Å²) in [7, 11) is 0. The molecule has 90 valence electrons. The van der Waals surface area contributed by atoms with E-state index in [4.69, 9.17) is 5.73 Å². The van der Waals surface area contributed by atoms with Crippen molar-refractivity contribution in [1.82, 2.24) is 9.78 Å². The summed E-state index contributed by atoms with van der Waals surface area (Å²) in [4.78, 5) is 0. The minimum atomic E-state index is -4.46. The van der Waals surface area contributed by atoms with Crippen LogP contribution in [0.2, 0.25) is 0 Å². The molecular weight excluding hydrogens is 231 g/mol. The van der Waals surface area contributed by atoms with Crippen LogP contribution in [-0.2, 0) is 12.7 Å². The molecule has 2 aromatic rings. The first-order valence-electron chi connectivity index (χ1n) is 4.91. The van der Waals surface area contributed by atoms with Crippen LogP contribution in [-0.4, -0.2) is 9.78 Å². The lowest BCUT2D eigenvalue weighted by molar-refractivity contribution is -0.136. The molecule has 0 amide bonds. The summed E-state index contributed by atoms with van der Waals surface area (Å²) < 4.78 is 38.5. The molecule has 0 spiro atoms. The van der Waals surface area contributed by atoms with Crippen LogP contribution in [0.3, 0.4) is 0 Å². The summed E-state index contributed by atoms with van der Waals surface area (Å²) in [6.07, 6.45) is -3.71. The second-order valence-corrected chi connectivity index (χ2v) is 3.58. The Hall–Kier alpha value is -1.98. The third-order valence-corrected chi connectivity index (χ3v) is 2.36. The monoisotopic (exact) mass is 241 g/mol. The van der Waals surface area contributed by atoms with Crippen molar-refractivity contribution in [3.05, 3.63) is 47.7 Å². The largest absolute Gasteiger partial charge is 0.421 e. The Morgan fingerprint density at radius 2 is 1.82 bits per heavy atom. The highest BCUT2D eigenvalue weighted by Crippen LogP contribution is 2.33. The first-order chi connectivity index (χ1) is 7.98. The highest BCUT2D eigenvalue weighted by molar-refractivity contribution is 5.41. The highest BCUT2D eigenvalue weighted by Gasteiger charge is 2.35. The van der Waals surface area contributed by atoms with Gasteiger partial charge in [-0.2, -0.15) is 18.3 Å². The molecule has 1 aromatic heterocycles. The molecule has 0 bridgehead atoms. The number of hydrogen-bond donors (Lipinski definition) is 1. The van der Waals surface area contributed by atoms with Crippen molar-refractivity contribution in [3.8, 4) is 0 Å². The van der Waals surface area contributed by atoms with E-state index in [-0.39, 0.29) is 12.4 Å². The lowest BCUT2D eigenvalue weighted by Gasteiger charge is -2.07. The summed E-state index contributed by atoms with van der Waals surface area (Å²) in [6, 6.07) is 9.04. The van der Waals surface area contributed by atoms with Crippen LogP contribution in [0.1, 0.15) is 11.1 Å². The van der Waals surface area contributed by atoms with Gasteiger partial charge in [-0.1, -0.05) is 30.3 Å². The van der Waals surface area contributed by atoms with E-state index in [1.165, 1.54) is 0 Å². The molecule has 0 radical (unpaired) electrons. The first kappa shape index (κ1) is 11.5. The van der Waals surface area contributed by atoms with Crippen molar-refractivity contribution < 1.29 is 13.2 Å². The molecule has 1 heterocycles. The molecule has 0 aliphatic rings. The molecule has 0 fully saturated rings. The predicted molar refractivity (Wildman–Crippen MR) is 57.2 cm³/mol. The third kappa shape index (κ3) is 2.41. The number of nitrogens with two attached hydrogens (primary N) is 1. The summed E-state index contributed by atoms with van der Waals surface area (Å²) in [6.45, 7) is 0.225. The van der Waals surface area contributed by atoms with Crippen molar-refractivity contribution in [2.75, 3.05) is 5.73 Å². The van der Waals surface area contributed by atoms with E-state index in [9.17, 15) is 13.2 Å². The molecular formula is C11H10F3N3. The molecule has 6 heteroatoms. The Morgan fingerprint density at radius 3 is 2.35 bits per heavy atom. The SMILES string of the molecule is Nc1c(C(F)(F)F)cnn1Cc1ccccc1. The number of nitrogen functional groups attached to an aromatic ring is 1. The average molecular weight is 241 g/mol. The fourth-order valence-electron chi connectivity index (χ4n) is 1.50. The Bertz CT molecular complexity index is 502. The van der Waals surface area contributed by atoms with Gasteiger partial charge >= 0.3 is 6.18 Å². The van der Waals surface area contributed by atoms with Crippen LogP contribution in [0.15, 0.2) is 36.5 Å². The molecule has 3 nitrogen and oxygen atoms in total. The minimum absolute atomic E-state index is 0.225. The van der Waals surface area contributed by atoms with Gasteiger partial charge in [-0.3, -0.25) is 0 Å². The van der Waals surface area contributed by atoms with Crippen LogP contribution in [0.5, 0.6) is 0 Å². The maximum Gasteiger partial charge on any atom is 0.421 e. The lowest BCUT2D eigenvalue weighted by Crippen LogP contribution is -2.11. The van der Waals surface area contributed by atoms with Gasteiger partial charge in [0.2, 0.25) is 0 Å². The number of alkyl halides is 3. The van der Waals surface area contributed by atoms with Crippen LogP contribution < -0.4 is 5.73 Å². The number of rotatable bonds is 2. The Balaban J connectivity index is 2.27. The van der Waals surface area contributed by atoms with Crippen molar-refractivity contribution >= 4 is 5.82 Å². The quantitative estimate of drug-likeness (QED) is 0.878. The molecule has 0 saturated heterocycles. The van der Waals surface area contributed by atoms with Crippen molar-refractivity contribution in [2.45, 2.75) is 12.7 Å². The van der Waals surface area contributed by atoms with Gasteiger partial charge in [-0.05, 0) is 5.56 Å². The van der Waals surface area contributed by atoms with Gasteiger partial charge in [0.05, 0.1) is 12.7 Å². The number of hydrogen-bond acceptors (Lipinski definition) is 2. The van der Waals surface area contributed by atoms with Gasteiger partial charge in [-0.25, -0.2) is 4.68 Å². The average Bonchev–Trinajstić information content (AvgIpc) is 2.61. The van der Waals surface area contributed by atoms with Crippen LogP contribution in [0.25, 0.3) is 0 Å². The minimum Gasteiger partial charge on any atom is -0.383 e. The van der Waals surface area contributed by atoms with Gasteiger partial charge in [0, 0.05) is 0 Å². The standard InChI is InChI=1S/C11H10F3N3/c12-11(13,14)9-6-16-17(10(9)15)7-8-4-2-1-3-5-8/h1-6H,7,15H2. The molecule has 2 N–H and O–H groups in total.